The molecule has 0 bridgehead atoms. The van der Waals surface area contributed by atoms with Gasteiger partial charge in [0.15, 0.2) is 9.84 Å². The number of piperazine rings is 1. The molecule has 1 aromatic carbocycles. The maximum atomic E-state index is 12.8. The first-order valence-electron chi connectivity index (χ1n) is 10.3. The lowest BCUT2D eigenvalue weighted by Gasteiger charge is -2.34. The largest absolute Gasteiger partial charge is 0.450 e. The summed E-state index contributed by atoms with van der Waals surface area (Å²) in [4.78, 5) is 40.3. The summed E-state index contributed by atoms with van der Waals surface area (Å²) in [6, 6.07) is 4.68. The third-order valence-corrected chi connectivity index (χ3v) is 8.40. The van der Waals surface area contributed by atoms with E-state index >= 15 is 0 Å². The van der Waals surface area contributed by atoms with Crippen LogP contribution in [-0.2, 0) is 24.2 Å². The normalized spacial score (nSPS) is 18.9. The van der Waals surface area contributed by atoms with Gasteiger partial charge in [0.1, 0.15) is 0 Å². The van der Waals surface area contributed by atoms with Gasteiger partial charge in [0.2, 0.25) is 11.8 Å². The summed E-state index contributed by atoms with van der Waals surface area (Å²) in [6.07, 6.45) is 0.143. The molecule has 2 aliphatic rings. The van der Waals surface area contributed by atoms with Gasteiger partial charge >= 0.3 is 6.09 Å². The van der Waals surface area contributed by atoms with Gasteiger partial charge < -0.3 is 19.9 Å². The zero-order chi connectivity index (χ0) is 22.6. The number of nitrogens with zero attached hydrogens (tertiary/aromatic N) is 2. The van der Waals surface area contributed by atoms with Crippen LogP contribution >= 0.6 is 11.8 Å². The van der Waals surface area contributed by atoms with E-state index in [1.807, 2.05) is 6.92 Å². The molecule has 3 rings (SSSR count). The Morgan fingerprint density at radius 2 is 1.84 bits per heavy atom. The molecule has 1 saturated heterocycles. The molecule has 9 nitrogen and oxygen atoms in total. The first-order chi connectivity index (χ1) is 14.7. The number of benzene rings is 1. The first kappa shape index (κ1) is 23.4. The highest BCUT2D eigenvalue weighted by Gasteiger charge is 2.28. The van der Waals surface area contributed by atoms with Gasteiger partial charge in [-0.15, -0.1) is 11.8 Å². The summed E-state index contributed by atoms with van der Waals surface area (Å²) in [6.45, 7) is 5.36. The molecule has 1 fully saturated rings. The Balaban J connectivity index is 1.57. The molecule has 0 radical (unpaired) electrons. The number of thioether (sulfide) groups is 1. The number of fused-ring (bicyclic) bond motifs is 1. The van der Waals surface area contributed by atoms with Crippen LogP contribution < -0.4 is 5.32 Å². The fraction of sp³-hybridized carbons (Fsp3) is 0.550. The minimum Gasteiger partial charge on any atom is -0.450 e. The Bertz CT molecular complexity index is 958. The average Bonchev–Trinajstić information content (AvgIpc) is 2.76. The molecule has 11 heteroatoms. The Labute approximate surface area is 186 Å². The number of rotatable bonds is 6. The minimum atomic E-state index is -3.69. The second-order valence-corrected chi connectivity index (χ2v) is 10.7. The van der Waals surface area contributed by atoms with Gasteiger partial charge in [0, 0.05) is 37.5 Å². The minimum absolute atomic E-state index is 0.0852. The summed E-state index contributed by atoms with van der Waals surface area (Å²) in [5.74, 6) is -0.715. The number of ether oxygens (including phenoxy) is 1. The zero-order valence-electron chi connectivity index (χ0n) is 17.6. The second kappa shape index (κ2) is 9.90. The Hall–Kier alpha value is -2.27. The molecule has 0 aromatic heterocycles. The van der Waals surface area contributed by atoms with E-state index in [1.165, 1.54) is 28.8 Å². The van der Waals surface area contributed by atoms with E-state index in [0.717, 1.165) is 4.90 Å². The van der Waals surface area contributed by atoms with E-state index in [2.05, 4.69) is 5.32 Å². The molecular formula is C20H27N3O6S2. The van der Waals surface area contributed by atoms with Crippen molar-refractivity contribution in [3.8, 4) is 0 Å². The van der Waals surface area contributed by atoms with E-state index in [9.17, 15) is 22.8 Å². The monoisotopic (exact) mass is 469 g/mol. The van der Waals surface area contributed by atoms with Crippen LogP contribution in [0.1, 0.15) is 26.7 Å². The van der Waals surface area contributed by atoms with Crippen LogP contribution in [0, 0.1) is 0 Å². The lowest BCUT2D eigenvalue weighted by molar-refractivity contribution is -0.132. The number of anilines is 1. The van der Waals surface area contributed by atoms with Crippen molar-refractivity contribution in [3.05, 3.63) is 18.2 Å². The van der Waals surface area contributed by atoms with Crippen molar-refractivity contribution in [1.29, 1.82) is 0 Å². The van der Waals surface area contributed by atoms with Crippen LogP contribution in [0.2, 0.25) is 0 Å². The van der Waals surface area contributed by atoms with Gasteiger partial charge in [-0.05, 0) is 31.5 Å². The number of hydrogen-bond donors (Lipinski definition) is 1. The molecule has 1 aromatic rings. The molecule has 1 N–H and O–H groups in total. The Morgan fingerprint density at radius 3 is 2.48 bits per heavy atom. The summed E-state index contributed by atoms with van der Waals surface area (Å²) in [5.41, 5.74) is 0.488. The fourth-order valence-corrected chi connectivity index (χ4v) is 5.72. The lowest BCUT2D eigenvalue weighted by atomic mass is 10.2. The molecule has 0 aliphatic carbocycles. The molecule has 2 aliphatic heterocycles. The standard InChI is InChI=1S/C20H27N3O6S2/c1-3-16-19(25)21-15-13-14(5-6-17(15)30-16)31(27,28)12-7-18(24)22-8-10-23(11-9-22)20(26)29-4-2/h5-6,13,16H,3-4,7-12H2,1-2H3,(H,21,25)/t16-/m0/s1. The first-order valence-corrected chi connectivity index (χ1v) is 12.8. The SMILES string of the molecule is CCOC(=O)N1CCN(C(=O)CCS(=O)(=O)c2ccc3c(c2)NC(=O)[C@H](CC)S3)CC1. The van der Waals surface area contributed by atoms with Crippen LogP contribution in [0.15, 0.2) is 28.0 Å². The Kier molecular flexibility index (Phi) is 7.47. The summed E-state index contributed by atoms with van der Waals surface area (Å²) < 4.78 is 30.5. The molecule has 2 heterocycles. The molecule has 0 spiro atoms. The summed E-state index contributed by atoms with van der Waals surface area (Å²) in [5, 5.41) is 2.59. The van der Waals surface area contributed by atoms with Crippen molar-refractivity contribution in [1.82, 2.24) is 9.80 Å². The van der Waals surface area contributed by atoms with Crippen LogP contribution in [0.25, 0.3) is 0 Å². The van der Waals surface area contributed by atoms with Gasteiger partial charge in [-0.1, -0.05) is 6.92 Å². The highest BCUT2D eigenvalue weighted by molar-refractivity contribution is 8.01. The number of amides is 3. The van der Waals surface area contributed by atoms with Crippen LogP contribution in [0.3, 0.4) is 0 Å². The highest BCUT2D eigenvalue weighted by atomic mass is 32.2. The van der Waals surface area contributed by atoms with Crippen molar-refractivity contribution in [2.24, 2.45) is 0 Å². The maximum absolute atomic E-state index is 12.8. The Morgan fingerprint density at radius 1 is 1.16 bits per heavy atom. The predicted octanol–water partition coefficient (Wildman–Crippen LogP) is 1.97. The van der Waals surface area contributed by atoms with Crippen LogP contribution in [0.5, 0.6) is 0 Å². The van der Waals surface area contributed by atoms with Gasteiger partial charge in [-0.2, -0.15) is 0 Å². The number of sulfone groups is 1. The molecule has 1 atom stereocenters. The number of carbonyl (C=O) groups is 3. The maximum Gasteiger partial charge on any atom is 0.409 e. The van der Waals surface area contributed by atoms with Crippen molar-refractivity contribution in [2.75, 3.05) is 43.9 Å². The molecular weight excluding hydrogens is 442 g/mol. The third kappa shape index (κ3) is 5.51. The lowest BCUT2D eigenvalue weighted by Crippen LogP contribution is -2.50. The molecule has 0 saturated carbocycles. The third-order valence-electron chi connectivity index (χ3n) is 5.24. The molecule has 3 amide bonds. The number of nitrogens with one attached hydrogen (secondary N) is 1. The second-order valence-electron chi connectivity index (χ2n) is 7.30. The predicted molar refractivity (Wildman–Crippen MR) is 117 cm³/mol. The molecule has 0 unspecified atom stereocenters. The van der Waals surface area contributed by atoms with Crippen molar-refractivity contribution in [2.45, 2.75) is 41.7 Å². The highest BCUT2D eigenvalue weighted by Crippen LogP contribution is 2.38. The smallest absolute Gasteiger partial charge is 0.409 e. The molecule has 31 heavy (non-hydrogen) atoms. The van der Waals surface area contributed by atoms with E-state index in [-0.39, 0.29) is 34.1 Å². The van der Waals surface area contributed by atoms with E-state index in [4.69, 9.17) is 4.74 Å². The van der Waals surface area contributed by atoms with E-state index in [1.54, 1.807) is 17.9 Å². The van der Waals surface area contributed by atoms with Gasteiger partial charge in [0.25, 0.3) is 0 Å². The topological polar surface area (TPSA) is 113 Å². The van der Waals surface area contributed by atoms with Gasteiger partial charge in [-0.3, -0.25) is 9.59 Å². The zero-order valence-corrected chi connectivity index (χ0v) is 19.3. The quantitative estimate of drug-likeness (QED) is 0.678. The number of hydrogen-bond acceptors (Lipinski definition) is 7. The summed E-state index contributed by atoms with van der Waals surface area (Å²) in [7, 11) is -3.69. The van der Waals surface area contributed by atoms with E-state index in [0.29, 0.717) is 44.9 Å². The average molecular weight is 470 g/mol. The van der Waals surface area contributed by atoms with Gasteiger partial charge in [0.05, 0.1) is 28.2 Å². The van der Waals surface area contributed by atoms with Crippen LogP contribution in [-0.4, -0.2) is 79.9 Å². The fourth-order valence-electron chi connectivity index (χ4n) is 3.44. The summed E-state index contributed by atoms with van der Waals surface area (Å²) >= 11 is 1.42. The van der Waals surface area contributed by atoms with Crippen molar-refractivity contribution < 1.29 is 27.5 Å². The van der Waals surface area contributed by atoms with Crippen LogP contribution in [0.4, 0.5) is 10.5 Å². The molecule has 170 valence electrons. The van der Waals surface area contributed by atoms with Crippen molar-refractivity contribution >= 4 is 45.2 Å². The van der Waals surface area contributed by atoms with Gasteiger partial charge in [-0.25, -0.2) is 13.2 Å². The number of carbonyl (C=O) groups excluding carboxylic acids is 3. The van der Waals surface area contributed by atoms with E-state index < -0.39 is 15.9 Å². The van der Waals surface area contributed by atoms with Crippen molar-refractivity contribution in [3.63, 3.8) is 0 Å².